The minimum absolute atomic E-state index is 0.166. The highest BCUT2D eigenvalue weighted by atomic mass is 32.1. The van der Waals surface area contributed by atoms with E-state index in [-0.39, 0.29) is 6.10 Å². The molecule has 2 unspecified atom stereocenters. The van der Waals surface area contributed by atoms with Gasteiger partial charge >= 0.3 is 0 Å². The van der Waals surface area contributed by atoms with Crippen molar-refractivity contribution in [1.29, 1.82) is 0 Å². The molecule has 0 aromatic carbocycles. The van der Waals surface area contributed by atoms with Crippen LogP contribution in [0, 0.1) is 5.92 Å². The van der Waals surface area contributed by atoms with Crippen molar-refractivity contribution in [2.24, 2.45) is 11.7 Å². The third-order valence-electron chi connectivity index (χ3n) is 2.41. The van der Waals surface area contributed by atoms with Gasteiger partial charge in [-0.05, 0) is 25.1 Å². The summed E-state index contributed by atoms with van der Waals surface area (Å²) < 4.78 is 0. The van der Waals surface area contributed by atoms with Crippen LogP contribution in [0.1, 0.15) is 25.7 Å². The summed E-state index contributed by atoms with van der Waals surface area (Å²) in [6.07, 6.45) is 4.19. The highest BCUT2D eigenvalue weighted by Crippen LogP contribution is 2.23. The first-order valence-electron chi connectivity index (χ1n) is 4.41. The number of aliphatic hydroxyl groups is 1. The van der Waals surface area contributed by atoms with Gasteiger partial charge < -0.3 is 16.2 Å². The number of hydrogen-bond donors (Lipinski definition) is 3. The van der Waals surface area contributed by atoms with Gasteiger partial charge in [0.2, 0.25) is 0 Å². The molecule has 0 heterocycles. The molecule has 70 valence electrons. The van der Waals surface area contributed by atoms with Crippen molar-refractivity contribution >= 4 is 17.3 Å². The summed E-state index contributed by atoms with van der Waals surface area (Å²) in [6, 6.07) is 0. The summed E-state index contributed by atoms with van der Waals surface area (Å²) in [7, 11) is 0. The van der Waals surface area contributed by atoms with Crippen LogP contribution < -0.4 is 11.1 Å². The van der Waals surface area contributed by atoms with E-state index in [1.54, 1.807) is 0 Å². The fourth-order valence-electron chi connectivity index (χ4n) is 1.66. The third-order valence-corrected chi connectivity index (χ3v) is 2.55. The summed E-state index contributed by atoms with van der Waals surface area (Å²) in [6.45, 7) is 0.719. The summed E-state index contributed by atoms with van der Waals surface area (Å²) >= 11 is 4.69. The quantitative estimate of drug-likeness (QED) is 0.548. The second kappa shape index (κ2) is 4.62. The zero-order valence-electron chi connectivity index (χ0n) is 7.12. The molecule has 0 aromatic heterocycles. The first kappa shape index (κ1) is 9.74. The van der Waals surface area contributed by atoms with Gasteiger partial charge in [-0.1, -0.05) is 12.8 Å². The number of thiocarbonyl (C=S) groups is 1. The SMILES string of the molecule is NC(=S)NCC1CCCCC1O. The monoisotopic (exact) mass is 188 g/mol. The van der Waals surface area contributed by atoms with Crippen LogP contribution >= 0.6 is 12.2 Å². The first-order valence-corrected chi connectivity index (χ1v) is 4.82. The summed E-state index contributed by atoms with van der Waals surface area (Å²) in [5, 5.41) is 12.8. The van der Waals surface area contributed by atoms with E-state index >= 15 is 0 Å². The number of nitrogens with one attached hydrogen (secondary N) is 1. The largest absolute Gasteiger partial charge is 0.393 e. The maximum Gasteiger partial charge on any atom is 0.163 e. The van der Waals surface area contributed by atoms with Gasteiger partial charge in [-0.15, -0.1) is 0 Å². The number of hydrogen-bond acceptors (Lipinski definition) is 2. The zero-order chi connectivity index (χ0) is 8.97. The van der Waals surface area contributed by atoms with E-state index in [0.717, 1.165) is 25.8 Å². The predicted molar refractivity (Wildman–Crippen MR) is 52.8 cm³/mol. The Labute approximate surface area is 78.3 Å². The Bertz CT molecular complexity index is 163. The Morgan fingerprint density at radius 1 is 1.50 bits per heavy atom. The lowest BCUT2D eigenvalue weighted by atomic mass is 9.86. The minimum Gasteiger partial charge on any atom is -0.393 e. The van der Waals surface area contributed by atoms with Crippen LogP contribution in [0.4, 0.5) is 0 Å². The zero-order valence-corrected chi connectivity index (χ0v) is 7.94. The second-order valence-electron chi connectivity index (χ2n) is 3.36. The van der Waals surface area contributed by atoms with Gasteiger partial charge in [-0.25, -0.2) is 0 Å². The number of aliphatic hydroxyl groups excluding tert-OH is 1. The molecule has 0 aliphatic heterocycles. The Morgan fingerprint density at radius 3 is 2.75 bits per heavy atom. The van der Waals surface area contributed by atoms with Gasteiger partial charge in [0, 0.05) is 12.5 Å². The minimum atomic E-state index is -0.166. The van der Waals surface area contributed by atoms with Gasteiger partial charge in [0.25, 0.3) is 0 Å². The van der Waals surface area contributed by atoms with Gasteiger partial charge in [0.1, 0.15) is 0 Å². The lowest BCUT2D eigenvalue weighted by molar-refractivity contribution is 0.0721. The molecule has 0 bridgehead atoms. The summed E-state index contributed by atoms with van der Waals surface area (Å²) in [5.74, 6) is 0.334. The molecule has 0 amide bonds. The molecule has 1 aliphatic carbocycles. The summed E-state index contributed by atoms with van der Waals surface area (Å²) in [5.41, 5.74) is 5.29. The normalized spacial score (nSPS) is 29.8. The lowest BCUT2D eigenvalue weighted by Crippen LogP contribution is -2.38. The number of nitrogens with two attached hydrogens (primary N) is 1. The molecule has 4 N–H and O–H groups in total. The molecular formula is C8H16N2OS. The maximum atomic E-state index is 9.56. The molecule has 3 nitrogen and oxygen atoms in total. The molecule has 1 fully saturated rings. The molecule has 1 saturated carbocycles. The van der Waals surface area contributed by atoms with E-state index in [4.69, 9.17) is 5.73 Å². The van der Waals surface area contributed by atoms with Gasteiger partial charge in [0.05, 0.1) is 6.10 Å². The lowest BCUT2D eigenvalue weighted by Gasteiger charge is -2.27. The summed E-state index contributed by atoms with van der Waals surface area (Å²) in [4.78, 5) is 0. The molecular weight excluding hydrogens is 172 g/mol. The molecule has 0 radical (unpaired) electrons. The number of rotatable bonds is 2. The van der Waals surface area contributed by atoms with Crippen LogP contribution in [0.3, 0.4) is 0 Å². The topological polar surface area (TPSA) is 58.3 Å². The Hall–Kier alpha value is -0.350. The molecule has 1 aliphatic rings. The second-order valence-corrected chi connectivity index (χ2v) is 3.80. The fourth-order valence-corrected chi connectivity index (χ4v) is 1.74. The van der Waals surface area contributed by atoms with Crippen molar-refractivity contribution in [3.05, 3.63) is 0 Å². The Balaban J connectivity index is 2.24. The van der Waals surface area contributed by atoms with Crippen LogP contribution in [-0.2, 0) is 0 Å². The van der Waals surface area contributed by atoms with Crippen LogP contribution in [0.25, 0.3) is 0 Å². The van der Waals surface area contributed by atoms with Crippen LogP contribution in [0.15, 0.2) is 0 Å². The first-order chi connectivity index (χ1) is 5.70. The van der Waals surface area contributed by atoms with E-state index < -0.39 is 0 Å². The molecule has 0 spiro atoms. The fraction of sp³-hybridized carbons (Fsp3) is 0.875. The van der Waals surface area contributed by atoms with Crippen LogP contribution in [-0.4, -0.2) is 22.9 Å². The smallest absolute Gasteiger partial charge is 0.163 e. The van der Waals surface area contributed by atoms with Crippen molar-refractivity contribution in [2.75, 3.05) is 6.54 Å². The molecule has 2 atom stereocenters. The van der Waals surface area contributed by atoms with Crippen LogP contribution in [0.5, 0.6) is 0 Å². The van der Waals surface area contributed by atoms with Gasteiger partial charge in [-0.2, -0.15) is 0 Å². The molecule has 4 heteroatoms. The molecule has 0 aromatic rings. The average molecular weight is 188 g/mol. The molecule has 12 heavy (non-hydrogen) atoms. The Morgan fingerprint density at radius 2 is 2.17 bits per heavy atom. The van der Waals surface area contributed by atoms with E-state index in [1.807, 2.05) is 0 Å². The van der Waals surface area contributed by atoms with E-state index in [2.05, 4.69) is 17.5 Å². The molecule has 0 saturated heterocycles. The van der Waals surface area contributed by atoms with Crippen LogP contribution in [0.2, 0.25) is 0 Å². The third kappa shape index (κ3) is 2.95. The van der Waals surface area contributed by atoms with E-state index in [9.17, 15) is 5.11 Å². The van der Waals surface area contributed by atoms with Crippen molar-refractivity contribution in [1.82, 2.24) is 5.32 Å². The maximum absolute atomic E-state index is 9.56. The average Bonchev–Trinajstić information content (AvgIpc) is 2.03. The standard InChI is InChI=1S/C8H16N2OS/c9-8(12)10-5-6-3-1-2-4-7(6)11/h6-7,11H,1-5H2,(H3,9,10,12). The van der Waals surface area contributed by atoms with Gasteiger partial charge in [0.15, 0.2) is 5.11 Å². The highest BCUT2D eigenvalue weighted by molar-refractivity contribution is 7.80. The Kier molecular flexibility index (Phi) is 3.75. The highest BCUT2D eigenvalue weighted by Gasteiger charge is 2.22. The van der Waals surface area contributed by atoms with Crippen molar-refractivity contribution in [2.45, 2.75) is 31.8 Å². The molecule has 1 rings (SSSR count). The predicted octanol–water partition coefficient (Wildman–Crippen LogP) is 0.371. The van der Waals surface area contributed by atoms with E-state index in [1.165, 1.54) is 6.42 Å². The van der Waals surface area contributed by atoms with E-state index in [0.29, 0.717) is 11.0 Å². The van der Waals surface area contributed by atoms with Gasteiger partial charge in [-0.3, -0.25) is 0 Å². The van der Waals surface area contributed by atoms with Crippen molar-refractivity contribution in [3.8, 4) is 0 Å². The van der Waals surface area contributed by atoms with Crippen molar-refractivity contribution in [3.63, 3.8) is 0 Å². The van der Waals surface area contributed by atoms with Crippen molar-refractivity contribution < 1.29 is 5.11 Å².